The van der Waals surface area contributed by atoms with Crippen molar-refractivity contribution >= 4 is 34.3 Å². The van der Waals surface area contributed by atoms with Crippen LogP contribution in [0.25, 0.3) is 10.8 Å². The minimum absolute atomic E-state index is 0.161. The van der Waals surface area contributed by atoms with Gasteiger partial charge in [-0.2, -0.15) is 0 Å². The van der Waals surface area contributed by atoms with Gasteiger partial charge in [-0.15, -0.1) is 10.2 Å². The van der Waals surface area contributed by atoms with Crippen molar-refractivity contribution in [3.8, 4) is 0 Å². The summed E-state index contributed by atoms with van der Waals surface area (Å²) in [6, 6.07) is 7.49. The summed E-state index contributed by atoms with van der Waals surface area (Å²) in [6.07, 6.45) is -0.802. The van der Waals surface area contributed by atoms with Crippen molar-refractivity contribution < 1.29 is 9.53 Å². The zero-order valence-electron chi connectivity index (χ0n) is 9.39. The highest BCUT2D eigenvalue weighted by atomic mass is 35.5. The maximum absolute atomic E-state index is 10.4. The summed E-state index contributed by atoms with van der Waals surface area (Å²) in [4.78, 5) is 10.4. The van der Waals surface area contributed by atoms with Crippen LogP contribution in [0.4, 0.5) is 10.6 Å². The van der Waals surface area contributed by atoms with Gasteiger partial charge in [-0.1, -0.05) is 35.9 Å². The van der Waals surface area contributed by atoms with Gasteiger partial charge >= 0.3 is 6.09 Å². The summed E-state index contributed by atoms with van der Waals surface area (Å²) in [6.45, 7) is 0.553. The Balaban J connectivity index is 2.14. The van der Waals surface area contributed by atoms with E-state index < -0.39 is 6.09 Å². The first-order valence-corrected chi connectivity index (χ1v) is 5.63. The van der Waals surface area contributed by atoms with Crippen LogP contribution in [0.3, 0.4) is 0 Å². The summed E-state index contributed by atoms with van der Waals surface area (Å²) in [5, 5.41) is 12.8. The van der Waals surface area contributed by atoms with E-state index in [1.165, 1.54) is 0 Å². The van der Waals surface area contributed by atoms with Gasteiger partial charge in [-0.25, -0.2) is 4.79 Å². The molecule has 94 valence electrons. The van der Waals surface area contributed by atoms with Gasteiger partial charge in [0.05, 0.1) is 6.54 Å². The fraction of sp³-hybridized carbons (Fsp3) is 0.182. The van der Waals surface area contributed by atoms with Gasteiger partial charge < -0.3 is 15.8 Å². The molecule has 2 aromatic rings. The molecule has 1 aromatic carbocycles. The highest BCUT2D eigenvalue weighted by Crippen LogP contribution is 2.25. The summed E-state index contributed by atoms with van der Waals surface area (Å²) < 4.78 is 4.60. The Labute approximate surface area is 108 Å². The van der Waals surface area contributed by atoms with Crippen LogP contribution < -0.4 is 11.1 Å². The summed E-state index contributed by atoms with van der Waals surface area (Å²) in [5.41, 5.74) is 4.85. The number of carbonyl (C=O) groups excluding carboxylic acids is 1. The summed E-state index contributed by atoms with van der Waals surface area (Å²) in [7, 11) is 0. The first-order valence-electron chi connectivity index (χ1n) is 5.25. The van der Waals surface area contributed by atoms with Gasteiger partial charge in [0.1, 0.15) is 6.61 Å². The number of primary amides is 1. The van der Waals surface area contributed by atoms with Crippen LogP contribution in [0, 0.1) is 0 Å². The van der Waals surface area contributed by atoms with E-state index in [0.717, 1.165) is 10.8 Å². The van der Waals surface area contributed by atoms with E-state index in [9.17, 15) is 4.79 Å². The van der Waals surface area contributed by atoms with E-state index >= 15 is 0 Å². The van der Waals surface area contributed by atoms with Crippen molar-refractivity contribution in [3.05, 3.63) is 29.4 Å². The molecule has 0 aliphatic heterocycles. The molecule has 0 aliphatic rings. The number of anilines is 1. The molecule has 3 N–H and O–H groups in total. The maximum Gasteiger partial charge on any atom is 0.404 e. The number of carbonyl (C=O) groups is 1. The van der Waals surface area contributed by atoms with Crippen LogP contribution in [0.1, 0.15) is 0 Å². The van der Waals surface area contributed by atoms with Crippen LogP contribution in [0.2, 0.25) is 5.15 Å². The second kappa shape index (κ2) is 5.50. The molecule has 0 saturated heterocycles. The Bertz CT molecular complexity index is 576. The number of amides is 1. The number of nitrogens with one attached hydrogen (secondary N) is 1. The molecule has 1 amide bonds. The molecule has 0 saturated carbocycles. The largest absolute Gasteiger partial charge is 0.448 e. The third-order valence-electron chi connectivity index (χ3n) is 2.28. The van der Waals surface area contributed by atoms with Crippen molar-refractivity contribution in [3.63, 3.8) is 0 Å². The topological polar surface area (TPSA) is 90.1 Å². The molecule has 0 bridgehead atoms. The monoisotopic (exact) mass is 266 g/mol. The molecule has 0 unspecified atom stereocenters. The van der Waals surface area contributed by atoms with Gasteiger partial charge in [0.2, 0.25) is 0 Å². The number of rotatable bonds is 4. The number of hydrogen-bond donors (Lipinski definition) is 2. The third kappa shape index (κ3) is 2.78. The molecular weight excluding hydrogens is 256 g/mol. The molecule has 1 aromatic heterocycles. The minimum atomic E-state index is -0.802. The number of fused-ring (bicyclic) bond motifs is 1. The van der Waals surface area contributed by atoms with Crippen LogP contribution in [-0.4, -0.2) is 29.4 Å². The molecule has 0 spiro atoms. The number of benzene rings is 1. The van der Waals surface area contributed by atoms with Gasteiger partial charge in [-0.3, -0.25) is 0 Å². The zero-order chi connectivity index (χ0) is 13.0. The predicted molar refractivity (Wildman–Crippen MR) is 68.6 cm³/mol. The Morgan fingerprint density at radius 1 is 1.33 bits per heavy atom. The molecule has 0 fully saturated rings. The van der Waals surface area contributed by atoms with Crippen LogP contribution in [0.5, 0.6) is 0 Å². The fourth-order valence-electron chi connectivity index (χ4n) is 1.52. The third-order valence-corrected chi connectivity index (χ3v) is 2.56. The van der Waals surface area contributed by atoms with Crippen molar-refractivity contribution in [2.45, 2.75) is 0 Å². The first-order chi connectivity index (χ1) is 8.68. The minimum Gasteiger partial charge on any atom is -0.448 e. The number of ether oxygens (including phenoxy) is 1. The van der Waals surface area contributed by atoms with E-state index in [-0.39, 0.29) is 6.61 Å². The van der Waals surface area contributed by atoms with E-state index in [4.69, 9.17) is 17.3 Å². The molecular formula is C11H11ClN4O2. The fourth-order valence-corrected chi connectivity index (χ4v) is 1.73. The lowest BCUT2D eigenvalue weighted by atomic mass is 10.2. The lowest BCUT2D eigenvalue weighted by Gasteiger charge is -2.08. The zero-order valence-corrected chi connectivity index (χ0v) is 10.1. The quantitative estimate of drug-likeness (QED) is 0.824. The standard InChI is InChI=1S/C11H11ClN4O2/c12-9-7-3-1-2-4-8(7)10(16-15-9)14-5-6-18-11(13)17/h1-4H,5-6H2,(H2,13,17)(H,14,16). The highest BCUT2D eigenvalue weighted by Gasteiger charge is 2.06. The molecule has 0 radical (unpaired) electrons. The summed E-state index contributed by atoms with van der Waals surface area (Å²) in [5.74, 6) is 0.586. The van der Waals surface area contributed by atoms with E-state index in [1.54, 1.807) is 0 Å². The van der Waals surface area contributed by atoms with Gasteiger partial charge in [0, 0.05) is 10.8 Å². The lowest BCUT2D eigenvalue weighted by molar-refractivity contribution is 0.161. The Morgan fingerprint density at radius 3 is 2.78 bits per heavy atom. The Kier molecular flexibility index (Phi) is 3.78. The number of halogens is 1. The highest BCUT2D eigenvalue weighted by molar-refractivity contribution is 6.34. The number of hydrogen-bond acceptors (Lipinski definition) is 5. The Morgan fingerprint density at radius 2 is 2.06 bits per heavy atom. The van der Waals surface area contributed by atoms with E-state index in [1.807, 2.05) is 24.3 Å². The molecule has 7 heteroatoms. The van der Waals surface area contributed by atoms with Crippen molar-refractivity contribution in [1.29, 1.82) is 0 Å². The summed E-state index contributed by atoms with van der Waals surface area (Å²) >= 11 is 5.94. The SMILES string of the molecule is NC(=O)OCCNc1nnc(Cl)c2ccccc12. The number of aromatic nitrogens is 2. The van der Waals surface area contributed by atoms with Crippen LogP contribution >= 0.6 is 11.6 Å². The molecule has 0 aliphatic carbocycles. The van der Waals surface area contributed by atoms with Gasteiger partial charge in [0.15, 0.2) is 11.0 Å². The molecule has 6 nitrogen and oxygen atoms in total. The van der Waals surface area contributed by atoms with Gasteiger partial charge in [-0.05, 0) is 0 Å². The number of nitrogens with zero attached hydrogens (tertiary/aromatic N) is 2. The van der Waals surface area contributed by atoms with Gasteiger partial charge in [0.25, 0.3) is 0 Å². The van der Waals surface area contributed by atoms with Crippen molar-refractivity contribution in [1.82, 2.24) is 10.2 Å². The van der Waals surface area contributed by atoms with Crippen molar-refractivity contribution in [2.75, 3.05) is 18.5 Å². The lowest BCUT2D eigenvalue weighted by Crippen LogP contribution is -2.18. The number of nitrogens with two attached hydrogens (primary N) is 1. The van der Waals surface area contributed by atoms with Crippen molar-refractivity contribution in [2.24, 2.45) is 5.73 Å². The molecule has 18 heavy (non-hydrogen) atoms. The smallest absolute Gasteiger partial charge is 0.404 e. The molecule has 1 heterocycles. The second-order valence-corrected chi connectivity index (χ2v) is 3.84. The molecule has 2 rings (SSSR count). The Hall–Kier alpha value is -2.08. The van der Waals surface area contributed by atoms with Crippen LogP contribution in [0.15, 0.2) is 24.3 Å². The second-order valence-electron chi connectivity index (χ2n) is 3.48. The van der Waals surface area contributed by atoms with E-state index in [2.05, 4.69) is 20.3 Å². The maximum atomic E-state index is 10.4. The average molecular weight is 267 g/mol. The van der Waals surface area contributed by atoms with E-state index in [0.29, 0.717) is 17.5 Å². The van der Waals surface area contributed by atoms with Crippen LogP contribution in [-0.2, 0) is 4.74 Å². The normalized spacial score (nSPS) is 10.3. The predicted octanol–water partition coefficient (Wildman–Crippen LogP) is 1.79. The first kappa shape index (κ1) is 12.4. The average Bonchev–Trinajstić information content (AvgIpc) is 2.37. The molecule has 0 atom stereocenters.